The van der Waals surface area contributed by atoms with Gasteiger partial charge in [-0.2, -0.15) is 0 Å². The fourth-order valence-corrected chi connectivity index (χ4v) is 8.92. The number of carbonyl (C=O) groups is 1. The van der Waals surface area contributed by atoms with Crippen molar-refractivity contribution in [2.75, 3.05) is 6.61 Å². The fourth-order valence-electron chi connectivity index (χ4n) is 4.22. The van der Waals surface area contributed by atoms with Crippen molar-refractivity contribution >= 4 is 26.7 Å². The second-order valence-electron chi connectivity index (χ2n) is 8.96. The van der Waals surface area contributed by atoms with Crippen LogP contribution < -0.4 is 4.74 Å². The van der Waals surface area contributed by atoms with Crippen molar-refractivity contribution in [2.45, 2.75) is 43.9 Å². The van der Waals surface area contributed by atoms with Crippen LogP contribution in [0.15, 0.2) is 122 Å². The lowest BCUT2D eigenvalue weighted by Gasteiger charge is -2.25. The highest BCUT2D eigenvalue weighted by Crippen LogP contribution is 2.44. The summed E-state index contributed by atoms with van der Waals surface area (Å²) in [5, 5.41) is 0. The van der Waals surface area contributed by atoms with E-state index in [0.717, 1.165) is 14.7 Å². The summed E-state index contributed by atoms with van der Waals surface area (Å²) in [6.07, 6.45) is 0. The van der Waals surface area contributed by atoms with Crippen LogP contribution in [-0.2, 0) is 35.9 Å². The molecule has 5 rings (SSSR count). The second kappa shape index (κ2) is 9.68. The molecule has 0 fully saturated rings. The number of fused-ring (bicyclic) bond motifs is 2. The van der Waals surface area contributed by atoms with Crippen molar-refractivity contribution in [3.05, 3.63) is 108 Å². The molecule has 188 valence electrons. The number of sulfone groups is 1. The van der Waals surface area contributed by atoms with E-state index in [2.05, 4.69) is 0 Å². The van der Waals surface area contributed by atoms with Crippen LogP contribution in [0.4, 0.5) is 4.39 Å². The lowest BCUT2D eigenvalue weighted by molar-refractivity contribution is -0.159. The van der Waals surface area contributed by atoms with Crippen molar-refractivity contribution in [3.8, 4) is 5.75 Å². The van der Waals surface area contributed by atoms with Crippen LogP contribution in [0.2, 0.25) is 0 Å². The molecule has 0 bridgehead atoms. The van der Waals surface area contributed by atoms with E-state index in [0.29, 0.717) is 21.1 Å². The number of hydrogen-bond donors (Lipinski definition) is 0. The maximum absolute atomic E-state index is 13.6. The van der Waals surface area contributed by atoms with Crippen LogP contribution in [0.1, 0.15) is 19.4 Å². The second-order valence-corrected chi connectivity index (χ2v) is 12.8. The van der Waals surface area contributed by atoms with Gasteiger partial charge in [-0.15, -0.1) is 0 Å². The summed E-state index contributed by atoms with van der Waals surface area (Å²) in [5.74, 6) is -0.515. The molecule has 0 radical (unpaired) electrons. The summed E-state index contributed by atoms with van der Waals surface area (Å²) in [6, 6.07) is 27.4. The minimum atomic E-state index is -3.60. The third kappa shape index (κ3) is 4.86. The van der Waals surface area contributed by atoms with E-state index in [1.165, 1.54) is 12.1 Å². The third-order valence-corrected chi connectivity index (χ3v) is 10.5. The highest BCUT2D eigenvalue weighted by Gasteiger charge is 2.44. The quantitative estimate of drug-likeness (QED) is 0.199. The van der Waals surface area contributed by atoms with Crippen molar-refractivity contribution in [2.24, 2.45) is 0 Å². The molecule has 0 amide bonds. The Morgan fingerprint density at radius 1 is 0.838 bits per heavy atom. The van der Waals surface area contributed by atoms with Gasteiger partial charge in [0.25, 0.3) is 0 Å². The Balaban J connectivity index is 1.33. The van der Waals surface area contributed by atoms with Crippen LogP contribution in [0.25, 0.3) is 0 Å². The standard InChI is InChI=1S/C29H24FO5S2/c1-29(2,20-8-7-9-21(30)18-20)35-28(31)19-34-22-14-16-23(17-15-22)36-24-10-3-5-12-26(24)37(32,33)27-13-6-4-11-25(27)36/h3-18H,19H2,1-2H3/q+1. The molecule has 5 nitrogen and oxygen atoms in total. The molecule has 4 aromatic rings. The molecular weight excluding hydrogens is 511 g/mol. The molecule has 0 unspecified atom stereocenters. The first kappa shape index (κ1) is 25.0. The van der Waals surface area contributed by atoms with Gasteiger partial charge in [0.05, 0.1) is 0 Å². The SMILES string of the molecule is CC(C)(OC(=O)COc1ccc([S+]2c3ccccc3S(=O)(=O)c3ccccc32)cc1)c1cccc(F)c1. The van der Waals surface area contributed by atoms with Gasteiger partial charge in [0.1, 0.15) is 37.9 Å². The molecule has 4 aromatic carbocycles. The molecule has 0 saturated carbocycles. The molecule has 1 aliphatic heterocycles. The van der Waals surface area contributed by atoms with Crippen molar-refractivity contribution in [1.82, 2.24) is 0 Å². The average Bonchev–Trinajstić information content (AvgIpc) is 2.88. The Morgan fingerprint density at radius 3 is 2.03 bits per heavy atom. The zero-order valence-electron chi connectivity index (χ0n) is 20.2. The van der Waals surface area contributed by atoms with Gasteiger partial charge in [-0.25, -0.2) is 17.6 Å². The monoisotopic (exact) mass is 535 g/mol. The van der Waals surface area contributed by atoms with Crippen LogP contribution >= 0.6 is 0 Å². The number of rotatable bonds is 6. The third-order valence-electron chi connectivity index (χ3n) is 6.02. The number of ether oxygens (including phenoxy) is 2. The van der Waals surface area contributed by atoms with E-state index in [1.807, 2.05) is 36.4 Å². The molecule has 0 spiro atoms. The Hall–Kier alpha value is -3.62. The average molecular weight is 536 g/mol. The smallest absolute Gasteiger partial charge is 0.345 e. The van der Waals surface area contributed by atoms with Gasteiger partial charge in [0.2, 0.25) is 9.84 Å². The lowest BCUT2D eigenvalue weighted by Crippen LogP contribution is -2.28. The van der Waals surface area contributed by atoms with Gasteiger partial charge < -0.3 is 9.47 Å². The molecule has 0 saturated heterocycles. The topological polar surface area (TPSA) is 69.7 Å². The van der Waals surface area contributed by atoms with Crippen molar-refractivity contribution in [1.29, 1.82) is 0 Å². The van der Waals surface area contributed by atoms with Gasteiger partial charge in [-0.05, 0) is 80.1 Å². The molecular formula is C29H24FO5S2+. The van der Waals surface area contributed by atoms with Gasteiger partial charge in [0, 0.05) is 0 Å². The minimum absolute atomic E-state index is 0.312. The largest absolute Gasteiger partial charge is 0.482 e. The van der Waals surface area contributed by atoms with Gasteiger partial charge in [-0.3, -0.25) is 0 Å². The molecule has 0 N–H and O–H groups in total. The molecule has 37 heavy (non-hydrogen) atoms. The zero-order chi connectivity index (χ0) is 26.2. The van der Waals surface area contributed by atoms with E-state index >= 15 is 0 Å². The van der Waals surface area contributed by atoms with E-state index in [-0.39, 0.29) is 6.61 Å². The summed E-state index contributed by atoms with van der Waals surface area (Å²) in [6.45, 7) is 3.07. The predicted octanol–water partition coefficient (Wildman–Crippen LogP) is 5.92. The van der Waals surface area contributed by atoms with E-state index in [1.54, 1.807) is 62.4 Å². The number of halogens is 1. The summed E-state index contributed by atoms with van der Waals surface area (Å²) in [7, 11) is -4.22. The van der Waals surface area contributed by atoms with E-state index in [9.17, 15) is 17.6 Å². The maximum Gasteiger partial charge on any atom is 0.345 e. The minimum Gasteiger partial charge on any atom is -0.482 e. The Kier molecular flexibility index (Phi) is 6.56. The van der Waals surface area contributed by atoms with Crippen LogP contribution in [0.5, 0.6) is 5.75 Å². The lowest BCUT2D eigenvalue weighted by atomic mass is 9.98. The number of benzene rings is 4. The molecule has 1 aliphatic rings. The zero-order valence-corrected chi connectivity index (χ0v) is 21.8. The molecule has 0 aromatic heterocycles. The summed E-state index contributed by atoms with van der Waals surface area (Å²) >= 11 is 0. The number of carbonyl (C=O) groups excluding carboxylic acids is 1. The normalized spacial score (nSPS) is 14.4. The van der Waals surface area contributed by atoms with Crippen LogP contribution in [0.3, 0.4) is 0 Å². The summed E-state index contributed by atoms with van der Waals surface area (Å²) in [4.78, 5) is 15.5. The molecule has 0 atom stereocenters. The van der Waals surface area contributed by atoms with Crippen LogP contribution in [0, 0.1) is 5.82 Å². The first-order valence-electron chi connectivity index (χ1n) is 11.5. The molecule has 1 heterocycles. The predicted molar refractivity (Wildman–Crippen MR) is 138 cm³/mol. The molecule has 8 heteroatoms. The number of esters is 1. The van der Waals surface area contributed by atoms with Gasteiger partial charge >= 0.3 is 5.97 Å². The highest BCUT2D eigenvalue weighted by molar-refractivity contribution is 8.00. The van der Waals surface area contributed by atoms with Crippen LogP contribution in [-0.4, -0.2) is 21.0 Å². The summed E-state index contributed by atoms with van der Waals surface area (Å²) in [5.41, 5.74) is -0.475. The van der Waals surface area contributed by atoms with Gasteiger partial charge in [0.15, 0.2) is 21.3 Å². The molecule has 0 aliphatic carbocycles. The van der Waals surface area contributed by atoms with E-state index < -0.39 is 38.1 Å². The van der Waals surface area contributed by atoms with E-state index in [4.69, 9.17) is 9.47 Å². The summed E-state index contributed by atoms with van der Waals surface area (Å²) < 4.78 is 51.2. The Bertz CT molecular complexity index is 1530. The Morgan fingerprint density at radius 2 is 1.43 bits per heavy atom. The number of hydrogen-bond acceptors (Lipinski definition) is 5. The van der Waals surface area contributed by atoms with Crippen molar-refractivity contribution in [3.63, 3.8) is 0 Å². The first-order chi connectivity index (χ1) is 17.7. The maximum atomic E-state index is 13.6. The first-order valence-corrected chi connectivity index (χ1v) is 14.3. The fraction of sp³-hybridized carbons (Fsp3) is 0.138. The van der Waals surface area contributed by atoms with Crippen molar-refractivity contribution < 1.29 is 27.1 Å². The Labute approximate surface area is 218 Å². The van der Waals surface area contributed by atoms with Gasteiger partial charge in [-0.1, -0.05) is 36.4 Å². The highest BCUT2D eigenvalue weighted by atomic mass is 32.2.